The first-order valence-electron chi connectivity index (χ1n) is 9.07. The van der Waals surface area contributed by atoms with E-state index in [1.165, 1.54) is 0 Å². The summed E-state index contributed by atoms with van der Waals surface area (Å²) >= 11 is 3.17. The number of benzene rings is 2. The fourth-order valence-corrected chi connectivity index (χ4v) is 4.94. The zero-order valence-corrected chi connectivity index (χ0v) is 17.4. The van der Waals surface area contributed by atoms with E-state index < -0.39 is 0 Å². The van der Waals surface area contributed by atoms with E-state index in [0.717, 1.165) is 42.8 Å². The Morgan fingerprint density at radius 3 is 2.43 bits per heavy atom. The lowest BCUT2D eigenvalue weighted by atomic mass is 10.2. The Morgan fingerprint density at radius 2 is 1.71 bits per heavy atom. The predicted molar refractivity (Wildman–Crippen MR) is 121 cm³/mol. The largest absolute Gasteiger partial charge is 0.268 e. The molecule has 0 saturated heterocycles. The molecule has 0 aliphatic carbocycles. The Morgan fingerprint density at radius 1 is 1.04 bits per heavy atom. The van der Waals surface area contributed by atoms with Crippen molar-refractivity contribution >= 4 is 39.4 Å². The molecule has 140 valence electrons. The van der Waals surface area contributed by atoms with Crippen LogP contribution in [0, 0.1) is 13.8 Å². The van der Waals surface area contributed by atoms with Gasteiger partial charge >= 0.3 is 0 Å². The number of fused-ring (bicyclic) bond motifs is 1. The molecule has 2 aromatic carbocycles. The number of thioether (sulfide) groups is 1. The van der Waals surface area contributed by atoms with Gasteiger partial charge in [-0.25, -0.2) is 4.98 Å². The lowest BCUT2D eigenvalue weighted by Crippen LogP contribution is -2.21. The summed E-state index contributed by atoms with van der Waals surface area (Å²) in [6.45, 7) is 4.05. The van der Waals surface area contributed by atoms with Gasteiger partial charge in [-0.1, -0.05) is 72.4 Å². The minimum atomic E-state index is 0.00703. The van der Waals surface area contributed by atoms with E-state index >= 15 is 0 Å². The van der Waals surface area contributed by atoms with Gasteiger partial charge < -0.3 is 0 Å². The van der Waals surface area contributed by atoms with Crippen LogP contribution in [-0.4, -0.2) is 15.3 Å². The van der Waals surface area contributed by atoms with Crippen LogP contribution in [0.3, 0.4) is 0 Å². The van der Waals surface area contributed by atoms with Crippen LogP contribution >= 0.6 is 23.1 Å². The van der Waals surface area contributed by atoms with Crippen LogP contribution in [0.4, 0.5) is 0 Å². The molecule has 5 heteroatoms. The Kier molecular flexibility index (Phi) is 5.46. The van der Waals surface area contributed by atoms with Crippen molar-refractivity contribution in [2.45, 2.75) is 19.0 Å². The van der Waals surface area contributed by atoms with E-state index in [4.69, 9.17) is 4.98 Å². The monoisotopic (exact) mass is 404 g/mol. The third-order valence-electron chi connectivity index (χ3n) is 4.61. The van der Waals surface area contributed by atoms with E-state index in [9.17, 15) is 4.79 Å². The van der Waals surface area contributed by atoms with Gasteiger partial charge in [-0.05, 0) is 37.1 Å². The number of hydrogen-bond acceptors (Lipinski definition) is 4. The third-order valence-corrected chi connectivity index (χ3v) is 6.60. The Balaban J connectivity index is 1.74. The highest BCUT2D eigenvalue weighted by molar-refractivity contribution is 7.99. The Hall–Kier alpha value is -2.63. The Labute approximate surface area is 172 Å². The van der Waals surface area contributed by atoms with Crippen LogP contribution in [0.2, 0.25) is 0 Å². The zero-order valence-electron chi connectivity index (χ0n) is 15.8. The van der Waals surface area contributed by atoms with Crippen molar-refractivity contribution in [2.24, 2.45) is 0 Å². The van der Waals surface area contributed by atoms with Crippen molar-refractivity contribution in [3.8, 4) is 5.69 Å². The molecular weight excluding hydrogens is 384 g/mol. The minimum absolute atomic E-state index is 0.00703. The van der Waals surface area contributed by atoms with Crippen LogP contribution < -0.4 is 5.56 Å². The lowest BCUT2D eigenvalue weighted by Gasteiger charge is -2.11. The van der Waals surface area contributed by atoms with Gasteiger partial charge in [0.1, 0.15) is 4.83 Å². The van der Waals surface area contributed by atoms with Crippen molar-refractivity contribution in [3.63, 3.8) is 0 Å². The molecule has 2 aromatic heterocycles. The van der Waals surface area contributed by atoms with Gasteiger partial charge in [0.15, 0.2) is 5.16 Å². The van der Waals surface area contributed by atoms with E-state index in [1.54, 1.807) is 27.7 Å². The number of aryl methyl sites for hydroxylation is 2. The number of aromatic nitrogens is 2. The van der Waals surface area contributed by atoms with Gasteiger partial charge in [0.25, 0.3) is 5.56 Å². The summed E-state index contributed by atoms with van der Waals surface area (Å²) in [5, 5.41) is 1.46. The highest BCUT2D eigenvalue weighted by Gasteiger charge is 2.17. The topological polar surface area (TPSA) is 34.9 Å². The maximum absolute atomic E-state index is 13.3. The normalized spacial score (nSPS) is 11.5. The number of rotatable bonds is 5. The predicted octanol–water partition coefficient (Wildman–Crippen LogP) is 5.87. The van der Waals surface area contributed by atoms with Gasteiger partial charge in [0, 0.05) is 10.6 Å². The number of nitrogens with zero attached hydrogens (tertiary/aromatic N) is 2. The second-order valence-electron chi connectivity index (χ2n) is 6.46. The number of hydrogen-bond donors (Lipinski definition) is 0. The molecule has 0 bridgehead atoms. The maximum atomic E-state index is 13.3. The fourth-order valence-electron chi connectivity index (χ4n) is 3.05. The fraction of sp³-hybridized carbons (Fsp3) is 0.130. The average Bonchev–Trinajstić information content (AvgIpc) is 3.00. The molecule has 0 radical (unpaired) electrons. The van der Waals surface area contributed by atoms with E-state index in [-0.39, 0.29) is 5.56 Å². The van der Waals surface area contributed by atoms with Gasteiger partial charge in [-0.3, -0.25) is 9.36 Å². The molecule has 0 N–H and O–H groups in total. The first-order valence-corrected chi connectivity index (χ1v) is 10.9. The standard InChI is InChI=1S/C23H20N2OS2/c1-16-17(2)28-21-20(16)22(26)25(19-13-7-4-8-14-19)23(24-21)27-15-9-12-18-10-5-3-6-11-18/h3-14H,15H2,1-2H3/b12-9+. The van der Waals surface area contributed by atoms with Gasteiger partial charge in [0.05, 0.1) is 11.1 Å². The SMILES string of the molecule is Cc1sc2nc(SC/C=C/c3ccccc3)n(-c3ccccc3)c(=O)c2c1C. The summed E-state index contributed by atoms with van der Waals surface area (Å²) in [5.74, 6) is 0.739. The first kappa shape index (κ1) is 18.7. The molecule has 4 rings (SSSR count). The first-order chi connectivity index (χ1) is 13.6. The molecule has 0 aliphatic rings. The van der Waals surface area contributed by atoms with Gasteiger partial charge in [-0.15, -0.1) is 11.3 Å². The summed E-state index contributed by atoms with van der Waals surface area (Å²) in [7, 11) is 0. The van der Waals surface area contributed by atoms with Crippen LogP contribution in [0.25, 0.3) is 22.0 Å². The van der Waals surface area contributed by atoms with Crippen molar-refractivity contribution in [1.29, 1.82) is 0 Å². The summed E-state index contributed by atoms with van der Waals surface area (Å²) in [6.07, 6.45) is 4.20. The minimum Gasteiger partial charge on any atom is -0.268 e. The molecule has 0 fully saturated rings. The molecule has 0 saturated carbocycles. The zero-order chi connectivity index (χ0) is 19.5. The molecule has 3 nitrogen and oxygen atoms in total. The summed E-state index contributed by atoms with van der Waals surface area (Å²) in [4.78, 5) is 20.2. The summed E-state index contributed by atoms with van der Waals surface area (Å²) in [5.41, 5.74) is 3.05. The van der Waals surface area contributed by atoms with E-state index in [2.05, 4.69) is 24.3 Å². The van der Waals surface area contributed by atoms with Crippen LogP contribution in [0.15, 0.2) is 76.7 Å². The van der Waals surface area contributed by atoms with Crippen molar-refractivity contribution in [3.05, 3.63) is 93.1 Å². The van der Waals surface area contributed by atoms with Gasteiger partial charge in [-0.2, -0.15) is 0 Å². The molecule has 0 atom stereocenters. The molecule has 0 aliphatic heterocycles. The lowest BCUT2D eigenvalue weighted by molar-refractivity contribution is 0.823. The quantitative estimate of drug-likeness (QED) is 0.308. The molecule has 28 heavy (non-hydrogen) atoms. The van der Waals surface area contributed by atoms with Gasteiger partial charge in [0.2, 0.25) is 0 Å². The second-order valence-corrected chi connectivity index (χ2v) is 8.65. The van der Waals surface area contributed by atoms with Crippen molar-refractivity contribution in [2.75, 3.05) is 5.75 Å². The molecular formula is C23H20N2OS2. The molecule has 4 aromatic rings. The highest BCUT2D eigenvalue weighted by Crippen LogP contribution is 2.29. The third kappa shape index (κ3) is 3.68. The van der Waals surface area contributed by atoms with E-state index in [1.807, 2.05) is 62.4 Å². The second kappa shape index (κ2) is 8.17. The van der Waals surface area contributed by atoms with Crippen LogP contribution in [0.5, 0.6) is 0 Å². The highest BCUT2D eigenvalue weighted by atomic mass is 32.2. The number of para-hydroxylation sites is 1. The van der Waals surface area contributed by atoms with E-state index in [0.29, 0.717) is 0 Å². The van der Waals surface area contributed by atoms with Crippen LogP contribution in [0.1, 0.15) is 16.0 Å². The Bertz CT molecular complexity index is 1190. The molecule has 2 heterocycles. The van der Waals surface area contributed by atoms with Crippen molar-refractivity contribution in [1.82, 2.24) is 9.55 Å². The average molecular weight is 405 g/mol. The summed E-state index contributed by atoms with van der Waals surface area (Å²) in [6, 6.07) is 20.0. The smallest absolute Gasteiger partial charge is 0.267 e. The van der Waals surface area contributed by atoms with Crippen molar-refractivity contribution < 1.29 is 0 Å². The molecule has 0 amide bonds. The van der Waals surface area contributed by atoms with Crippen LogP contribution in [-0.2, 0) is 0 Å². The molecule has 0 spiro atoms. The maximum Gasteiger partial charge on any atom is 0.267 e. The number of thiophene rings is 1. The molecule has 0 unspecified atom stereocenters. The summed E-state index contributed by atoms with van der Waals surface area (Å²) < 4.78 is 1.74.